The van der Waals surface area contributed by atoms with E-state index in [0.717, 1.165) is 5.56 Å². The van der Waals surface area contributed by atoms with Gasteiger partial charge in [-0.15, -0.1) is 0 Å². The number of nitrogens with zero attached hydrogens (tertiary/aromatic N) is 1. The van der Waals surface area contributed by atoms with E-state index in [1.165, 1.54) is 0 Å². The zero-order valence-electron chi connectivity index (χ0n) is 12.3. The summed E-state index contributed by atoms with van der Waals surface area (Å²) in [6, 6.07) is 15.0. The average Bonchev–Trinajstić information content (AvgIpc) is 2.53. The first-order chi connectivity index (χ1) is 10.6. The molecule has 2 aromatic carbocycles. The Morgan fingerprint density at radius 2 is 2.09 bits per heavy atom. The number of ether oxygens (including phenoxy) is 1. The maximum Gasteiger partial charge on any atom is 0.322 e. The molecule has 0 unspecified atom stereocenters. The number of halogens is 1. The molecule has 5 heteroatoms. The summed E-state index contributed by atoms with van der Waals surface area (Å²) in [5.41, 5.74) is 1.76. The number of fused-ring (bicyclic) bond motifs is 1. The van der Waals surface area contributed by atoms with Gasteiger partial charge in [0.1, 0.15) is 11.9 Å². The Morgan fingerprint density at radius 3 is 2.86 bits per heavy atom. The van der Waals surface area contributed by atoms with Crippen molar-refractivity contribution < 1.29 is 9.53 Å². The van der Waals surface area contributed by atoms with Crippen molar-refractivity contribution in [1.29, 1.82) is 0 Å². The van der Waals surface area contributed by atoms with Crippen molar-refractivity contribution >= 4 is 23.3 Å². The Balaban J connectivity index is 1.76. The molecule has 1 aliphatic rings. The van der Waals surface area contributed by atoms with Crippen LogP contribution < -0.4 is 15.0 Å². The molecule has 1 aliphatic heterocycles. The van der Waals surface area contributed by atoms with Crippen molar-refractivity contribution in [2.45, 2.75) is 19.6 Å². The Labute approximate surface area is 134 Å². The Hall–Kier alpha value is -2.20. The second kappa shape index (κ2) is 6.28. The zero-order valence-corrected chi connectivity index (χ0v) is 13.0. The molecule has 0 radical (unpaired) electrons. The topological polar surface area (TPSA) is 41.6 Å². The minimum atomic E-state index is -0.150. The Morgan fingerprint density at radius 1 is 1.32 bits per heavy atom. The second-order valence-electron chi connectivity index (χ2n) is 5.30. The number of urea groups is 1. The molecule has 114 valence electrons. The molecule has 22 heavy (non-hydrogen) atoms. The van der Waals surface area contributed by atoms with E-state index in [4.69, 9.17) is 16.3 Å². The second-order valence-corrected chi connectivity index (χ2v) is 5.73. The van der Waals surface area contributed by atoms with E-state index in [-0.39, 0.29) is 12.1 Å². The van der Waals surface area contributed by atoms with Crippen LogP contribution in [0.5, 0.6) is 5.75 Å². The zero-order chi connectivity index (χ0) is 15.5. The Kier molecular flexibility index (Phi) is 4.20. The van der Waals surface area contributed by atoms with Crippen LogP contribution in [0.15, 0.2) is 48.5 Å². The molecule has 2 aromatic rings. The summed E-state index contributed by atoms with van der Waals surface area (Å²) < 4.78 is 5.75. The molecule has 0 bridgehead atoms. The largest absolute Gasteiger partial charge is 0.487 e. The Bertz CT molecular complexity index is 676. The van der Waals surface area contributed by atoms with Crippen LogP contribution in [-0.2, 0) is 6.54 Å². The normalized spacial score (nSPS) is 16.6. The van der Waals surface area contributed by atoms with E-state index in [0.29, 0.717) is 29.5 Å². The number of amides is 2. The number of carbonyl (C=O) groups is 1. The fraction of sp³-hybridized carbons (Fsp3) is 0.235. The van der Waals surface area contributed by atoms with Crippen molar-refractivity contribution in [3.63, 3.8) is 0 Å². The van der Waals surface area contributed by atoms with E-state index in [1.807, 2.05) is 37.3 Å². The third-order valence-corrected chi connectivity index (χ3v) is 3.75. The lowest BCUT2D eigenvalue weighted by Gasteiger charge is -2.33. The summed E-state index contributed by atoms with van der Waals surface area (Å²) in [4.78, 5) is 14.2. The van der Waals surface area contributed by atoms with E-state index in [2.05, 4.69) is 5.32 Å². The van der Waals surface area contributed by atoms with Gasteiger partial charge in [0.25, 0.3) is 0 Å². The summed E-state index contributed by atoms with van der Waals surface area (Å²) in [5.74, 6) is 0.679. The third kappa shape index (κ3) is 3.17. The van der Waals surface area contributed by atoms with Crippen molar-refractivity contribution in [2.75, 3.05) is 11.4 Å². The molecule has 4 nitrogen and oxygen atoms in total. The number of rotatable bonds is 2. The first-order valence-electron chi connectivity index (χ1n) is 7.19. The highest BCUT2D eigenvalue weighted by Crippen LogP contribution is 2.35. The van der Waals surface area contributed by atoms with Crippen molar-refractivity contribution in [3.8, 4) is 5.75 Å². The highest BCUT2D eigenvalue weighted by Gasteiger charge is 2.27. The summed E-state index contributed by atoms with van der Waals surface area (Å²) >= 11 is 6.04. The molecule has 0 saturated carbocycles. The summed E-state index contributed by atoms with van der Waals surface area (Å²) in [5, 5.41) is 3.52. The highest BCUT2D eigenvalue weighted by atomic mass is 35.5. The van der Waals surface area contributed by atoms with E-state index >= 15 is 0 Å². The predicted octanol–water partition coefficient (Wildman–Crippen LogP) is 3.84. The molecular formula is C17H17ClN2O2. The summed E-state index contributed by atoms with van der Waals surface area (Å²) in [6.07, 6.45) is -0.0591. The highest BCUT2D eigenvalue weighted by molar-refractivity contribution is 6.31. The van der Waals surface area contributed by atoms with Gasteiger partial charge in [0, 0.05) is 11.6 Å². The van der Waals surface area contributed by atoms with Gasteiger partial charge in [-0.25, -0.2) is 4.79 Å². The van der Waals surface area contributed by atoms with Crippen molar-refractivity contribution in [2.24, 2.45) is 0 Å². The number of carbonyl (C=O) groups excluding carboxylic acids is 1. The minimum Gasteiger partial charge on any atom is -0.487 e. The number of hydrogen-bond donors (Lipinski definition) is 1. The summed E-state index contributed by atoms with van der Waals surface area (Å²) in [6.45, 7) is 2.92. The van der Waals surface area contributed by atoms with Gasteiger partial charge in [0.2, 0.25) is 0 Å². The van der Waals surface area contributed by atoms with Crippen LogP contribution in [0.3, 0.4) is 0 Å². The smallest absolute Gasteiger partial charge is 0.322 e. The van der Waals surface area contributed by atoms with Gasteiger partial charge < -0.3 is 10.1 Å². The summed E-state index contributed by atoms with van der Waals surface area (Å²) in [7, 11) is 0. The van der Waals surface area contributed by atoms with Crippen LogP contribution in [-0.4, -0.2) is 18.7 Å². The molecule has 2 amide bonds. The van der Waals surface area contributed by atoms with E-state index in [1.54, 1.807) is 23.1 Å². The average molecular weight is 317 g/mol. The first kappa shape index (κ1) is 14.7. The molecule has 1 heterocycles. The lowest BCUT2D eigenvalue weighted by atomic mass is 10.2. The number of nitrogens with one attached hydrogen (secondary N) is 1. The van der Waals surface area contributed by atoms with Gasteiger partial charge in [-0.3, -0.25) is 4.90 Å². The molecule has 3 rings (SSSR count). The maximum absolute atomic E-state index is 12.5. The number of anilines is 1. The number of benzene rings is 2. The maximum atomic E-state index is 12.5. The SMILES string of the molecule is C[C@H]1CN(C(=O)NCc2ccccc2)c2cc(Cl)ccc2O1. The predicted molar refractivity (Wildman–Crippen MR) is 87.6 cm³/mol. The van der Waals surface area contributed by atoms with Crippen LogP contribution in [0.4, 0.5) is 10.5 Å². The van der Waals surface area contributed by atoms with Crippen molar-refractivity contribution in [3.05, 3.63) is 59.1 Å². The van der Waals surface area contributed by atoms with E-state index < -0.39 is 0 Å². The fourth-order valence-corrected chi connectivity index (χ4v) is 2.64. The lowest BCUT2D eigenvalue weighted by Crippen LogP contribution is -2.47. The quantitative estimate of drug-likeness (QED) is 0.914. The van der Waals surface area contributed by atoms with Crippen molar-refractivity contribution in [1.82, 2.24) is 5.32 Å². The van der Waals surface area contributed by atoms with Crippen LogP contribution >= 0.6 is 11.6 Å². The third-order valence-electron chi connectivity index (χ3n) is 3.51. The molecular weight excluding hydrogens is 300 g/mol. The van der Waals surface area contributed by atoms with Gasteiger partial charge >= 0.3 is 6.03 Å². The van der Waals surface area contributed by atoms with Gasteiger partial charge in [-0.2, -0.15) is 0 Å². The molecule has 0 spiro atoms. The van der Waals surface area contributed by atoms with Crippen LogP contribution in [0.2, 0.25) is 5.02 Å². The first-order valence-corrected chi connectivity index (χ1v) is 7.57. The van der Waals surface area contributed by atoms with Gasteiger partial charge in [0.05, 0.1) is 12.2 Å². The van der Waals surface area contributed by atoms with Crippen LogP contribution in [0.1, 0.15) is 12.5 Å². The fourth-order valence-electron chi connectivity index (χ4n) is 2.47. The number of hydrogen-bond acceptors (Lipinski definition) is 2. The molecule has 0 fully saturated rings. The van der Waals surface area contributed by atoms with E-state index in [9.17, 15) is 4.79 Å². The molecule has 1 N–H and O–H groups in total. The lowest BCUT2D eigenvalue weighted by molar-refractivity contribution is 0.205. The molecule has 0 aromatic heterocycles. The van der Waals surface area contributed by atoms with Gasteiger partial charge in [-0.05, 0) is 30.7 Å². The van der Waals surface area contributed by atoms with Crippen LogP contribution in [0.25, 0.3) is 0 Å². The standard InChI is InChI=1S/C17H17ClN2O2/c1-12-11-20(15-9-14(18)7-8-16(15)22-12)17(21)19-10-13-5-3-2-4-6-13/h2-9,12H,10-11H2,1H3,(H,19,21)/t12-/m0/s1. The monoisotopic (exact) mass is 316 g/mol. The molecule has 0 saturated heterocycles. The minimum absolute atomic E-state index is 0.0591. The van der Waals surface area contributed by atoms with Gasteiger partial charge in [0.15, 0.2) is 0 Å². The molecule has 0 aliphatic carbocycles. The molecule has 1 atom stereocenters. The van der Waals surface area contributed by atoms with Crippen LogP contribution in [0, 0.1) is 0 Å². The van der Waals surface area contributed by atoms with Gasteiger partial charge in [-0.1, -0.05) is 41.9 Å².